The highest BCUT2D eigenvalue weighted by molar-refractivity contribution is 4.88. The van der Waals surface area contributed by atoms with Crippen molar-refractivity contribution in [2.24, 2.45) is 11.1 Å². The predicted octanol–water partition coefficient (Wildman–Crippen LogP) is 0.836. The third kappa shape index (κ3) is 4.92. The van der Waals surface area contributed by atoms with Crippen molar-refractivity contribution in [1.29, 1.82) is 0 Å². The fraction of sp³-hybridized carbons (Fsp3) is 1.00. The predicted molar refractivity (Wildman–Crippen MR) is 70.0 cm³/mol. The van der Waals surface area contributed by atoms with Crippen molar-refractivity contribution in [3.05, 3.63) is 0 Å². The smallest absolute Gasteiger partial charge is 0.0698 e. The third-order valence-electron chi connectivity index (χ3n) is 3.89. The summed E-state index contributed by atoms with van der Waals surface area (Å²) in [6.45, 7) is 7.34. The van der Waals surface area contributed by atoms with E-state index < -0.39 is 0 Å². The summed E-state index contributed by atoms with van der Waals surface area (Å²) in [6, 6.07) is 0. The van der Waals surface area contributed by atoms with Gasteiger partial charge in [0, 0.05) is 13.1 Å². The Morgan fingerprint density at radius 3 is 2.53 bits per heavy atom. The molecule has 0 bridgehead atoms. The van der Waals surface area contributed by atoms with E-state index >= 15 is 0 Å². The lowest BCUT2D eigenvalue weighted by Crippen LogP contribution is -2.42. The summed E-state index contributed by atoms with van der Waals surface area (Å²) < 4.78 is 5.32. The van der Waals surface area contributed by atoms with Gasteiger partial charge in [0.1, 0.15) is 0 Å². The van der Waals surface area contributed by atoms with Crippen LogP contribution in [0.4, 0.5) is 0 Å². The highest BCUT2D eigenvalue weighted by Crippen LogP contribution is 2.37. The van der Waals surface area contributed by atoms with Gasteiger partial charge in [0.05, 0.1) is 19.8 Å². The Morgan fingerprint density at radius 1 is 1.29 bits per heavy atom. The fourth-order valence-electron chi connectivity index (χ4n) is 2.74. The van der Waals surface area contributed by atoms with Crippen LogP contribution in [0.5, 0.6) is 0 Å². The maximum Gasteiger partial charge on any atom is 0.0698 e. The lowest BCUT2D eigenvalue weighted by atomic mass is 9.85. The molecule has 0 heterocycles. The molecule has 4 nitrogen and oxygen atoms in total. The number of nitrogens with zero attached hydrogens (tertiary/aromatic N) is 1. The number of nitrogens with two attached hydrogens (primary N) is 1. The first-order valence-corrected chi connectivity index (χ1v) is 6.87. The Balaban J connectivity index is 2.29. The molecule has 0 aromatic heterocycles. The van der Waals surface area contributed by atoms with E-state index in [0.29, 0.717) is 18.6 Å². The molecule has 1 rings (SSSR count). The van der Waals surface area contributed by atoms with Crippen LogP contribution < -0.4 is 5.73 Å². The lowest BCUT2D eigenvalue weighted by Gasteiger charge is -2.34. The maximum atomic E-state index is 8.64. The van der Waals surface area contributed by atoms with E-state index in [0.717, 1.165) is 26.2 Å². The fourth-order valence-corrected chi connectivity index (χ4v) is 2.74. The molecule has 0 aliphatic heterocycles. The molecular formula is C13H28N2O2. The zero-order chi connectivity index (χ0) is 12.6. The third-order valence-corrected chi connectivity index (χ3v) is 3.89. The summed E-state index contributed by atoms with van der Waals surface area (Å²) in [4.78, 5) is 2.43. The number of hydrogen-bond donors (Lipinski definition) is 2. The van der Waals surface area contributed by atoms with E-state index in [1.807, 2.05) is 0 Å². The highest BCUT2D eigenvalue weighted by Gasteiger charge is 2.33. The van der Waals surface area contributed by atoms with E-state index in [-0.39, 0.29) is 6.61 Å². The average Bonchev–Trinajstić information content (AvgIpc) is 2.82. The summed E-state index contributed by atoms with van der Waals surface area (Å²) in [5, 5.41) is 8.64. The Labute approximate surface area is 105 Å². The molecule has 0 aromatic rings. The van der Waals surface area contributed by atoms with Gasteiger partial charge in [-0.05, 0) is 31.3 Å². The molecule has 0 radical (unpaired) electrons. The second-order valence-electron chi connectivity index (χ2n) is 5.12. The second-order valence-corrected chi connectivity index (χ2v) is 5.12. The van der Waals surface area contributed by atoms with Gasteiger partial charge in [0.15, 0.2) is 0 Å². The van der Waals surface area contributed by atoms with Crippen molar-refractivity contribution in [3.8, 4) is 0 Å². The molecule has 0 atom stereocenters. The number of hydrogen-bond acceptors (Lipinski definition) is 4. The van der Waals surface area contributed by atoms with Crippen LogP contribution in [0.3, 0.4) is 0 Å². The first-order chi connectivity index (χ1) is 8.26. The molecule has 3 N–H and O–H groups in total. The van der Waals surface area contributed by atoms with Gasteiger partial charge in [-0.2, -0.15) is 0 Å². The Bertz CT molecular complexity index is 194. The van der Waals surface area contributed by atoms with Gasteiger partial charge in [-0.3, -0.25) is 0 Å². The summed E-state index contributed by atoms with van der Waals surface area (Å²) in [7, 11) is 0. The lowest BCUT2D eigenvalue weighted by molar-refractivity contribution is 0.0633. The van der Waals surface area contributed by atoms with Crippen LogP contribution in [0, 0.1) is 5.41 Å². The van der Waals surface area contributed by atoms with Gasteiger partial charge in [-0.1, -0.05) is 19.8 Å². The van der Waals surface area contributed by atoms with E-state index in [1.54, 1.807) is 0 Å². The summed E-state index contributed by atoms with van der Waals surface area (Å²) >= 11 is 0. The minimum Gasteiger partial charge on any atom is -0.394 e. The van der Waals surface area contributed by atoms with Gasteiger partial charge < -0.3 is 20.5 Å². The molecule has 0 unspecified atom stereocenters. The first kappa shape index (κ1) is 14.9. The minimum atomic E-state index is 0.110. The Morgan fingerprint density at radius 2 is 2.00 bits per heavy atom. The van der Waals surface area contributed by atoms with Crippen molar-refractivity contribution in [2.45, 2.75) is 32.6 Å². The largest absolute Gasteiger partial charge is 0.394 e. The average molecular weight is 244 g/mol. The van der Waals surface area contributed by atoms with E-state index in [2.05, 4.69) is 11.8 Å². The van der Waals surface area contributed by atoms with Gasteiger partial charge in [-0.15, -0.1) is 0 Å². The molecule has 4 heteroatoms. The molecule has 0 spiro atoms. The zero-order valence-corrected chi connectivity index (χ0v) is 11.2. The molecule has 1 aliphatic rings. The van der Waals surface area contributed by atoms with E-state index in [4.69, 9.17) is 15.6 Å². The standard InChI is InChI=1S/C13H28N2O2/c1-2-15(7-9-17-10-8-16)12-13(11-14)5-3-4-6-13/h16H,2-12,14H2,1H3. The zero-order valence-electron chi connectivity index (χ0n) is 11.2. The first-order valence-electron chi connectivity index (χ1n) is 6.87. The highest BCUT2D eigenvalue weighted by atomic mass is 16.5. The topological polar surface area (TPSA) is 58.7 Å². The van der Waals surface area contributed by atoms with Gasteiger partial charge in [0.2, 0.25) is 0 Å². The van der Waals surface area contributed by atoms with Crippen LogP contribution in [0.15, 0.2) is 0 Å². The molecule has 1 fully saturated rings. The molecule has 1 aliphatic carbocycles. The summed E-state index contributed by atoms with van der Waals surface area (Å²) in [5.41, 5.74) is 6.31. The number of likely N-dealkylation sites (N-methyl/N-ethyl adjacent to an activating group) is 1. The monoisotopic (exact) mass is 244 g/mol. The van der Waals surface area contributed by atoms with Crippen LogP contribution in [-0.2, 0) is 4.74 Å². The molecule has 0 saturated heterocycles. The minimum absolute atomic E-state index is 0.110. The molecule has 1 saturated carbocycles. The van der Waals surface area contributed by atoms with Crippen molar-refractivity contribution in [3.63, 3.8) is 0 Å². The Kier molecular flexibility index (Phi) is 7.04. The molecular weight excluding hydrogens is 216 g/mol. The van der Waals surface area contributed by atoms with Gasteiger partial charge >= 0.3 is 0 Å². The number of aliphatic hydroxyl groups is 1. The summed E-state index contributed by atoms with van der Waals surface area (Å²) in [6.07, 6.45) is 5.21. The Hall–Kier alpha value is -0.160. The van der Waals surface area contributed by atoms with Gasteiger partial charge in [-0.25, -0.2) is 0 Å². The molecule has 17 heavy (non-hydrogen) atoms. The SMILES string of the molecule is CCN(CCOCCO)CC1(CN)CCCC1. The number of aliphatic hydroxyl groups excluding tert-OH is 1. The van der Waals surface area contributed by atoms with Crippen LogP contribution in [0.2, 0.25) is 0 Å². The van der Waals surface area contributed by atoms with E-state index in [1.165, 1.54) is 25.7 Å². The van der Waals surface area contributed by atoms with Crippen LogP contribution >= 0.6 is 0 Å². The second kappa shape index (κ2) is 8.03. The van der Waals surface area contributed by atoms with Crippen molar-refractivity contribution in [2.75, 3.05) is 46.0 Å². The number of rotatable bonds is 9. The van der Waals surface area contributed by atoms with Crippen LogP contribution in [0.25, 0.3) is 0 Å². The van der Waals surface area contributed by atoms with Crippen molar-refractivity contribution in [1.82, 2.24) is 4.90 Å². The van der Waals surface area contributed by atoms with Crippen molar-refractivity contribution < 1.29 is 9.84 Å². The quantitative estimate of drug-likeness (QED) is 0.590. The molecule has 0 aromatic carbocycles. The van der Waals surface area contributed by atoms with Crippen LogP contribution in [0.1, 0.15) is 32.6 Å². The van der Waals surface area contributed by atoms with Gasteiger partial charge in [0.25, 0.3) is 0 Å². The van der Waals surface area contributed by atoms with Crippen LogP contribution in [-0.4, -0.2) is 56.0 Å². The normalized spacial score (nSPS) is 19.1. The maximum absolute atomic E-state index is 8.64. The number of ether oxygens (including phenoxy) is 1. The summed E-state index contributed by atoms with van der Waals surface area (Å²) in [5.74, 6) is 0. The molecule has 0 amide bonds. The van der Waals surface area contributed by atoms with Crippen molar-refractivity contribution >= 4 is 0 Å². The molecule has 102 valence electrons. The van der Waals surface area contributed by atoms with E-state index in [9.17, 15) is 0 Å².